The van der Waals surface area contributed by atoms with Crippen LogP contribution in [0.25, 0.3) is 0 Å². The van der Waals surface area contributed by atoms with Gasteiger partial charge in [0, 0.05) is 0 Å². The molecule has 7 heteroatoms. The lowest BCUT2D eigenvalue weighted by Gasteiger charge is -1.68. The molecule has 0 rings (SSSR count). The van der Waals surface area contributed by atoms with Gasteiger partial charge in [0.15, 0.2) is 5.98 Å². The molecule has 0 aliphatic rings. The Morgan fingerprint density at radius 2 is 1.14 bits per heavy atom. The molecule has 7 heavy (non-hydrogen) atoms. The molecule has 0 aromatic rings. The Labute approximate surface area is 58.2 Å². The van der Waals surface area contributed by atoms with Gasteiger partial charge in [-0.3, -0.25) is 8.92 Å². The van der Waals surface area contributed by atoms with E-state index in [2.05, 4.69) is 0 Å². The quantitative estimate of drug-likeness (QED) is 0.441. The molecular weight excluding hydrogens is 197 g/mol. The summed E-state index contributed by atoms with van der Waals surface area (Å²) in [6.07, 6.45) is 0. The van der Waals surface area contributed by atoms with Crippen molar-refractivity contribution < 1.29 is 8.92 Å². The van der Waals surface area contributed by atoms with Crippen molar-refractivity contribution >= 4 is 49.0 Å². The minimum Gasteiger partial charge on any atom is -0.274 e. The fourth-order valence-corrected chi connectivity index (χ4v) is 0. The van der Waals surface area contributed by atoms with Crippen molar-refractivity contribution in [2.24, 2.45) is 0 Å². The molecule has 0 amide bonds. The second-order valence-corrected chi connectivity index (χ2v) is 5.42. The number of hydrogen-bond acceptors (Lipinski definition) is 2. The first-order valence-corrected chi connectivity index (χ1v) is 5.79. The molecule has 0 aliphatic heterocycles. The van der Waals surface area contributed by atoms with Crippen LogP contribution in [0, 0.1) is 0 Å². The lowest BCUT2D eigenvalue weighted by Crippen LogP contribution is -1.26. The third kappa shape index (κ3) is 149. The Morgan fingerprint density at radius 1 is 1.14 bits per heavy atom. The van der Waals surface area contributed by atoms with Gasteiger partial charge in [-0.2, -0.15) is 0 Å². The molecule has 0 heterocycles. The zero-order chi connectivity index (χ0) is 6.28. The molecule has 0 fully saturated rings. The number of rotatable bonds is 0. The third-order valence-corrected chi connectivity index (χ3v) is 0. The Hall–Kier alpha value is 1.12. The van der Waals surface area contributed by atoms with Crippen LogP contribution in [-0.4, -0.2) is 9.29 Å². The van der Waals surface area contributed by atoms with E-state index in [0.29, 0.717) is 0 Å². The van der Waals surface area contributed by atoms with Gasteiger partial charge in [-0.1, -0.05) is 33.7 Å². The standard InChI is InChI=1S/Cl3P.O2Si/c1-4(2)3;1-3-2. The van der Waals surface area contributed by atoms with Gasteiger partial charge in [0.25, 0.3) is 0 Å². The van der Waals surface area contributed by atoms with Crippen molar-refractivity contribution in [3.8, 4) is 0 Å². The first kappa shape index (κ1) is 11.0. The van der Waals surface area contributed by atoms with Crippen LogP contribution in [0.1, 0.15) is 0 Å². The average molecular weight is 197 g/mol. The lowest BCUT2D eigenvalue weighted by atomic mass is 15.9. The van der Waals surface area contributed by atoms with E-state index in [1.165, 1.54) is 0 Å². The molecule has 0 atom stereocenters. The molecule has 0 aromatic heterocycles. The zero-order valence-electron chi connectivity index (χ0n) is 2.90. The predicted molar refractivity (Wildman–Crippen MR) is 31.6 cm³/mol. The van der Waals surface area contributed by atoms with Gasteiger partial charge in [-0.05, 0) is 0 Å². The van der Waals surface area contributed by atoms with Crippen LogP contribution in [0.15, 0.2) is 0 Å². The fourth-order valence-electron chi connectivity index (χ4n) is 0. The second-order valence-electron chi connectivity index (χ2n) is 0.275. The molecule has 0 saturated carbocycles. The molecule has 0 aromatic carbocycles. The monoisotopic (exact) mass is 196 g/mol. The van der Waals surface area contributed by atoms with Gasteiger partial charge >= 0.3 is 9.29 Å². The fraction of sp³-hybridized carbons (Fsp3) is 0. The van der Waals surface area contributed by atoms with E-state index in [1.54, 1.807) is 0 Å². The highest BCUT2D eigenvalue weighted by molar-refractivity contribution is 8.20. The Balaban J connectivity index is 0. The van der Waals surface area contributed by atoms with Gasteiger partial charge in [0.2, 0.25) is 0 Å². The van der Waals surface area contributed by atoms with E-state index in [4.69, 9.17) is 42.6 Å². The first-order valence-electron chi connectivity index (χ1n) is 0.915. The largest absolute Gasteiger partial charge is 0.549 e. The van der Waals surface area contributed by atoms with Gasteiger partial charge in [0.1, 0.15) is 0 Å². The molecule has 0 aliphatic carbocycles. The molecular formula is Cl3O2PSi. The highest BCUT2D eigenvalue weighted by atomic mass is 36.0. The molecule has 2 nitrogen and oxygen atoms in total. The minimum atomic E-state index is -1.42. The van der Waals surface area contributed by atoms with E-state index in [0.717, 1.165) is 0 Å². The summed E-state index contributed by atoms with van der Waals surface area (Å²) in [4.78, 5) is 0. The van der Waals surface area contributed by atoms with Gasteiger partial charge in [0.05, 0.1) is 0 Å². The molecule has 0 saturated heterocycles. The topological polar surface area (TPSA) is 34.1 Å². The van der Waals surface area contributed by atoms with E-state index in [-0.39, 0.29) is 0 Å². The lowest BCUT2D eigenvalue weighted by molar-refractivity contribution is 0.497. The summed E-state index contributed by atoms with van der Waals surface area (Å²) in [7, 11) is -1.42. The van der Waals surface area contributed by atoms with Crippen LogP contribution in [0.4, 0.5) is 0 Å². The Kier molecular flexibility index (Phi) is 16.0. The summed E-state index contributed by atoms with van der Waals surface area (Å²) in [5, 5.41) is 0. The van der Waals surface area contributed by atoms with Crippen molar-refractivity contribution in [3.05, 3.63) is 0 Å². The van der Waals surface area contributed by atoms with Gasteiger partial charge < -0.3 is 0 Å². The van der Waals surface area contributed by atoms with Crippen LogP contribution < -0.4 is 0 Å². The molecule has 0 bridgehead atoms. The SMILES string of the molecule is ClP(Cl)Cl.O=[Si]=O. The summed E-state index contributed by atoms with van der Waals surface area (Å²) >= 11 is 14.6. The van der Waals surface area contributed by atoms with Crippen LogP contribution >= 0.6 is 39.7 Å². The smallest absolute Gasteiger partial charge is 0.274 e. The molecule has 0 unspecified atom stereocenters. The molecule has 0 radical (unpaired) electrons. The summed E-state index contributed by atoms with van der Waals surface area (Å²) in [6, 6.07) is 0. The highest BCUT2D eigenvalue weighted by Gasteiger charge is 1.80. The van der Waals surface area contributed by atoms with Crippen molar-refractivity contribution in [2.45, 2.75) is 0 Å². The van der Waals surface area contributed by atoms with E-state index in [9.17, 15) is 0 Å². The maximum Gasteiger partial charge on any atom is 0.549 e. The number of hydrogen-bond donors (Lipinski definition) is 0. The van der Waals surface area contributed by atoms with Gasteiger partial charge in [-0.25, -0.2) is 0 Å². The second kappa shape index (κ2) is 10.2. The molecule has 0 N–H and O–H groups in total. The summed E-state index contributed by atoms with van der Waals surface area (Å²) < 4.78 is 16.8. The van der Waals surface area contributed by atoms with Crippen molar-refractivity contribution in [3.63, 3.8) is 0 Å². The number of halogens is 3. The van der Waals surface area contributed by atoms with Crippen LogP contribution in [0.3, 0.4) is 0 Å². The average Bonchev–Trinajstić information content (AvgIpc) is 1.33. The summed E-state index contributed by atoms with van der Waals surface area (Å²) in [5.74, 6) is -1.20. The zero-order valence-corrected chi connectivity index (χ0v) is 7.06. The van der Waals surface area contributed by atoms with E-state index < -0.39 is 15.3 Å². The Morgan fingerprint density at radius 3 is 1.14 bits per heavy atom. The van der Waals surface area contributed by atoms with Crippen molar-refractivity contribution in [2.75, 3.05) is 0 Å². The first-order chi connectivity index (χ1) is 3.15. The van der Waals surface area contributed by atoms with Crippen LogP contribution in [-0.2, 0) is 8.92 Å². The Bertz CT molecular complexity index is 55.2. The minimum absolute atomic E-state index is 1.20. The normalized spacial score (nSPS) is 6.29. The summed E-state index contributed by atoms with van der Waals surface area (Å²) in [5.41, 5.74) is 0. The molecule has 0 spiro atoms. The third-order valence-electron chi connectivity index (χ3n) is 0. The van der Waals surface area contributed by atoms with E-state index >= 15 is 0 Å². The van der Waals surface area contributed by atoms with Crippen molar-refractivity contribution in [1.82, 2.24) is 0 Å². The van der Waals surface area contributed by atoms with Crippen LogP contribution in [0.5, 0.6) is 0 Å². The van der Waals surface area contributed by atoms with Crippen molar-refractivity contribution in [1.29, 1.82) is 0 Å². The summed E-state index contributed by atoms with van der Waals surface area (Å²) in [6.45, 7) is 0. The van der Waals surface area contributed by atoms with Crippen LogP contribution in [0.2, 0.25) is 0 Å². The maximum absolute atomic E-state index is 8.40. The van der Waals surface area contributed by atoms with E-state index in [1.807, 2.05) is 0 Å². The predicted octanol–water partition coefficient (Wildman–Crippen LogP) is 2.31. The maximum atomic E-state index is 8.40. The highest BCUT2D eigenvalue weighted by Crippen LogP contribution is 2.51. The molecule has 42 valence electrons. The van der Waals surface area contributed by atoms with Gasteiger partial charge in [-0.15, -0.1) is 0 Å².